The van der Waals surface area contributed by atoms with Crippen LogP contribution in [0.4, 0.5) is 4.39 Å². The number of hydrogen-bond donors (Lipinski definition) is 2. The number of carboxylic acid groups (broad SMARTS) is 1. The number of aliphatic carboxylic acids is 1. The normalized spacial score (nSPS) is 12.8. The fourth-order valence-electron chi connectivity index (χ4n) is 2.12. The van der Waals surface area contributed by atoms with Crippen molar-refractivity contribution in [1.29, 1.82) is 0 Å². The van der Waals surface area contributed by atoms with Gasteiger partial charge in [-0.25, -0.2) is 14.2 Å². The topological polar surface area (TPSA) is 79.7 Å². The Bertz CT molecular complexity index is 829. The van der Waals surface area contributed by atoms with Crippen LogP contribution in [0.3, 0.4) is 0 Å². The van der Waals surface area contributed by atoms with Crippen molar-refractivity contribution < 1.29 is 24.1 Å². The molecule has 0 amide bonds. The molecule has 0 bridgehead atoms. The molecule has 9 heteroatoms. The number of halogens is 4. The molecule has 1 unspecified atom stereocenters. The molecular formula is C16H11Cl3FNO4. The molecule has 0 radical (unpaired) electrons. The molecule has 0 fully saturated rings. The number of pyridine rings is 1. The largest absolute Gasteiger partial charge is 0.478 e. The van der Waals surface area contributed by atoms with Gasteiger partial charge in [0, 0.05) is 0 Å². The SMILES string of the molecule is O=C(O)/C(=C\OCF)c1ccccc1C(O)c1nc(Cl)c(Cl)cc1Cl. The first-order valence-electron chi connectivity index (χ1n) is 6.76. The maximum atomic E-state index is 12.2. The van der Waals surface area contributed by atoms with Crippen molar-refractivity contribution in [1.82, 2.24) is 4.98 Å². The molecule has 2 rings (SSSR count). The maximum absolute atomic E-state index is 12.2. The second-order valence-corrected chi connectivity index (χ2v) is 5.90. The Kier molecular flexibility index (Phi) is 6.61. The van der Waals surface area contributed by atoms with Gasteiger partial charge in [-0.05, 0) is 17.2 Å². The van der Waals surface area contributed by atoms with Crippen molar-refractivity contribution in [2.24, 2.45) is 0 Å². The minimum absolute atomic E-state index is 0.000310. The maximum Gasteiger partial charge on any atom is 0.339 e. The van der Waals surface area contributed by atoms with Crippen molar-refractivity contribution in [3.05, 3.63) is 68.6 Å². The quantitative estimate of drug-likeness (QED) is 0.420. The van der Waals surface area contributed by atoms with E-state index in [1.54, 1.807) is 12.1 Å². The predicted molar refractivity (Wildman–Crippen MR) is 92.4 cm³/mol. The standard InChI is InChI=1S/C16H11Cl3FNO4/c17-11-5-12(18)15(19)21-13(11)14(22)9-4-2-1-3-8(9)10(16(23)24)6-25-7-20/h1-6,14,22H,7H2,(H,23,24)/b10-6-. The molecule has 0 aliphatic heterocycles. The molecule has 5 nitrogen and oxygen atoms in total. The van der Waals surface area contributed by atoms with Crippen molar-refractivity contribution in [2.45, 2.75) is 6.10 Å². The van der Waals surface area contributed by atoms with Crippen LogP contribution in [0, 0.1) is 0 Å². The first kappa shape index (κ1) is 19.5. The van der Waals surface area contributed by atoms with Gasteiger partial charge in [-0.1, -0.05) is 59.1 Å². The molecule has 0 saturated heterocycles. The van der Waals surface area contributed by atoms with E-state index in [1.807, 2.05) is 0 Å². The monoisotopic (exact) mass is 405 g/mol. The van der Waals surface area contributed by atoms with Crippen LogP contribution < -0.4 is 0 Å². The van der Waals surface area contributed by atoms with Gasteiger partial charge in [0.1, 0.15) is 23.1 Å². The Morgan fingerprint density at radius 1 is 1.28 bits per heavy atom. The Balaban J connectivity index is 2.57. The van der Waals surface area contributed by atoms with Crippen LogP contribution >= 0.6 is 34.8 Å². The summed E-state index contributed by atoms with van der Waals surface area (Å²) in [5.74, 6) is -1.36. The Morgan fingerprint density at radius 3 is 2.60 bits per heavy atom. The van der Waals surface area contributed by atoms with Gasteiger partial charge in [-0.15, -0.1) is 0 Å². The molecule has 2 aromatic rings. The predicted octanol–water partition coefficient (Wildman–Crippen LogP) is 4.49. The van der Waals surface area contributed by atoms with Gasteiger partial charge in [0.2, 0.25) is 6.86 Å². The second kappa shape index (κ2) is 8.49. The number of benzene rings is 1. The third kappa shape index (κ3) is 4.41. The van der Waals surface area contributed by atoms with Crippen LogP contribution in [0.5, 0.6) is 0 Å². The highest BCUT2D eigenvalue weighted by Crippen LogP contribution is 2.34. The minimum atomic E-state index is -1.40. The number of rotatable bonds is 6. The zero-order valence-electron chi connectivity index (χ0n) is 12.4. The molecule has 1 aromatic heterocycles. The minimum Gasteiger partial charge on any atom is -0.478 e. The number of ether oxygens (including phenoxy) is 1. The summed E-state index contributed by atoms with van der Waals surface area (Å²) in [7, 11) is 0. The average Bonchev–Trinajstić information content (AvgIpc) is 2.58. The first-order chi connectivity index (χ1) is 11.9. The van der Waals surface area contributed by atoms with E-state index in [1.165, 1.54) is 18.2 Å². The summed E-state index contributed by atoms with van der Waals surface area (Å²) in [6, 6.07) is 7.38. The smallest absolute Gasteiger partial charge is 0.339 e. The fourth-order valence-corrected chi connectivity index (χ4v) is 2.73. The lowest BCUT2D eigenvalue weighted by Gasteiger charge is -2.17. The average molecular weight is 407 g/mol. The zero-order chi connectivity index (χ0) is 18.6. The fraction of sp³-hybridized carbons (Fsp3) is 0.125. The van der Waals surface area contributed by atoms with E-state index in [0.717, 1.165) is 6.26 Å². The van der Waals surface area contributed by atoms with Crippen LogP contribution in [0.2, 0.25) is 15.2 Å². The number of aromatic nitrogens is 1. The van der Waals surface area contributed by atoms with Gasteiger partial charge in [-0.2, -0.15) is 0 Å². The summed E-state index contributed by atoms with van der Waals surface area (Å²) in [6.07, 6.45) is -0.635. The lowest BCUT2D eigenvalue weighted by Crippen LogP contribution is -2.10. The van der Waals surface area contributed by atoms with Gasteiger partial charge < -0.3 is 14.9 Å². The first-order valence-corrected chi connectivity index (χ1v) is 7.90. The van der Waals surface area contributed by atoms with Crippen LogP contribution in [0.1, 0.15) is 22.9 Å². The highest BCUT2D eigenvalue weighted by Gasteiger charge is 2.24. The number of aliphatic hydroxyl groups excluding tert-OH is 1. The Labute approximate surface area is 157 Å². The van der Waals surface area contributed by atoms with Crippen LogP contribution in [-0.2, 0) is 9.53 Å². The Morgan fingerprint density at radius 2 is 1.96 bits per heavy atom. The van der Waals surface area contributed by atoms with E-state index >= 15 is 0 Å². The summed E-state index contributed by atoms with van der Waals surface area (Å²) in [5.41, 5.74) is -0.0607. The summed E-state index contributed by atoms with van der Waals surface area (Å²) in [5, 5.41) is 20.1. The summed E-state index contributed by atoms with van der Waals surface area (Å²) in [6.45, 7) is -1.19. The zero-order valence-corrected chi connectivity index (χ0v) is 14.7. The van der Waals surface area contributed by atoms with E-state index in [4.69, 9.17) is 34.8 Å². The lowest BCUT2D eigenvalue weighted by molar-refractivity contribution is -0.130. The molecule has 1 aromatic carbocycles. The molecule has 0 aliphatic rings. The molecule has 0 aliphatic carbocycles. The summed E-state index contributed by atoms with van der Waals surface area (Å²) < 4.78 is 16.7. The van der Waals surface area contributed by atoms with Crippen molar-refractivity contribution >= 4 is 46.3 Å². The molecule has 2 N–H and O–H groups in total. The molecule has 0 spiro atoms. The summed E-state index contributed by atoms with van der Waals surface area (Å²) >= 11 is 17.7. The number of alkyl halides is 1. The lowest BCUT2D eigenvalue weighted by atomic mass is 9.95. The second-order valence-electron chi connectivity index (χ2n) is 4.73. The van der Waals surface area contributed by atoms with Gasteiger partial charge in [0.05, 0.1) is 15.7 Å². The molecule has 1 atom stereocenters. The van der Waals surface area contributed by atoms with Crippen molar-refractivity contribution in [3.8, 4) is 0 Å². The highest BCUT2D eigenvalue weighted by atomic mass is 35.5. The molecule has 132 valence electrons. The van der Waals surface area contributed by atoms with Crippen molar-refractivity contribution in [3.63, 3.8) is 0 Å². The number of hydrogen-bond acceptors (Lipinski definition) is 4. The van der Waals surface area contributed by atoms with Crippen LogP contribution in [0.15, 0.2) is 36.6 Å². The van der Waals surface area contributed by atoms with Crippen LogP contribution in [-0.4, -0.2) is 28.0 Å². The van der Waals surface area contributed by atoms with Crippen molar-refractivity contribution in [2.75, 3.05) is 6.86 Å². The summed E-state index contributed by atoms with van der Waals surface area (Å²) in [4.78, 5) is 15.4. The number of nitrogens with zero attached hydrogens (tertiary/aromatic N) is 1. The molecule has 25 heavy (non-hydrogen) atoms. The van der Waals surface area contributed by atoms with Gasteiger partial charge in [0.15, 0.2) is 0 Å². The van der Waals surface area contributed by atoms with Gasteiger partial charge in [-0.3, -0.25) is 0 Å². The molecule has 1 heterocycles. The van der Waals surface area contributed by atoms with Gasteiger partial charge >= 0.3 is 5.97 Å². The Hall–Kier alpha value is -1.86. The third-order valence-corrected chi connectivity index (χ3v) is 4.19. The van der Waals surface area contributed by atoms with Crippen LogP contribution in [0.25, 0.3) is 5.57 Å². The number of aliphatic hydroxyl groups is 1. The highest BCUT2D eigenvalue weighted by molar-refractivity contribution is 6.42. The van der Waals surface area contributed by atoms with E-state index in [2.05, 4.69) is 9.72 Å². The molecule has 0 saturated carbocycles. The van der Waals surface area contributed by atoms with E-state index in [9.17, 15) is 19.4 Å². The molecular weight excluding hydrogens is 396 g/mol. The third-order valence-electron chi connectivity index (χ3n) is 3.21. The number of carboxylic acids is 1. The van der Waals surface area contributed by atoms with Gasteiger partial charge in [0.25, 0.3) is 0 Å². The van der Waals surface area contributed by atoms with E-state index < -0.39 is 18.9 Å². The van der Waals surface area contributed by atoms with E-state index in [-0.39, 0.29) is 37.6 Å². The van der Waals surface area contributed by atoms with E-state index in [0.29, 0.717) is 0 Å². The number of carbonyl (C=O) groups is 1.